The van der Waals surface area contributed by atoms with E-state index in [1.165, 1.54) is 10.4 Å². The highest BCUT2D eigenvalue weighted by atomic mass is 32.1. The van der Waals surface area contributed by atoms with Crippen molar-refractivity contribution in [2.45, 2.75) is 32.7 Å². The molecular formula is C14H13N3OS3. The molecule has 1 aliphatic rings. The summed E-state index contributed by atoms with van der Waals surface area (Å²) in [5.74, 6) is 0. The van der Waals surface area contributed by atoms with Gasteiger partial charge in [-0.05, 0) is 44.0 Å². The number of aromatic amines is 1. The molecule has 3 aromatic rings. The molecule has 108 valence electrons. The van der Waals surface area contributed by atoms with Crippen LogP contribution in [0.4, 0.5) is 0 Å². The summed E-state index contributed by atoms with van der Waals surface area (Å²) in [7, 11) is 0. The maximum absolute atomic E-state index is 12.9. The lowest BCUT2D eigenvalue weighted by molar-refractivity contribution is 0.738. The number of nitrogens with zero attached hydrogens (tertiary/aromatic N) is 2. The van der Waals surface area contributed by atoms with Crippen molar-refractivity contribution in [2.24, 2.45) is 0 Å². The first-order chi connectivity index (χ1) is 10.1. The number of thiophene rings is 1. The van der Waals surface area contributed by atoms with Gasteiger partial charge in [0.1, 0.15) is 4.83 Å². The van der Waals surface area contributed by atoms with Crippen LogP contribution in [0, 0.1) is 11.7 Å². The second kappa shape index (κ2) is 4.86. The van der Waals surface area contributed by atoms with Gasteiger partial charge in [-0.15, -0.1) is 22.7 Å². The standard InChI is InChI=1S/C14H13N3OS3/c1-7-10(20-6-15-7)5-17-13(18)11-8-3-2-4-9(8)21-12(11)16-14(17)19/h6H,2-5H2,1H3,(H,16,19). The lowest BCUT2D eigenvalue weighted by Crippen LogP contribution is -2.22. The molecule has 0 saturated heterocycles. The predicted molar refractivity (Wildman–Crippen MR) is 89.2 cm³/mol. The van der Waals surface area contributed by atoms with Crippen molar-refractivity contribution in [2.75, 3.05) is 0 Å². The van der Waals surface area contributed by atoms with Crippen molar-refractivity contribution < 1.29 is 0 Å². The number of fused-ring (bicyclic) bond motifs is 3. The normalized spacial score (nSPS) is 14.0. The quantitative estimate of drug-likeness (QED) is 0.730. The lowest BCUT2D eigenvalue weighted by atomic mass is 10.2. The molecule has 1 aliphatic carbocycles. The van der Waals surface area contributed by atoms with Crippen molar-refractivity contribution >= 4 is 45.1 Å². The fraction of sp³-hybridized carbons (Fsp3) is 0.357. The smallest absolute Gasteiger partial charge is 0.263 e. The molecule has 7 heteroatoms. The number of nitrogens with one attached hydrogen (secondary N) is 1. The van der Waals surface area contributed by atoms with E-state index in [-0.39, 0.29) is 5.56 Å². The minimum absolute atomic E-state index is 0.0425. The van der Waals surface area contributed by atoms with Gasteiger partial charge in [0.05, 0.1) is 23.1 Å². The van der Waals surface area contributed by atoms with Crippen LogP contribution < -0.4 is 5.56 Å². The van der Waals surface area contributed by atoms with Crippen LogP contribution in [0.15, 0.2) is 10.3 Å². The largest absolute Gasteiger partial charge is 0.323 e. The summed E-state index contributed by atoms with van der Waals surface area (Å²) >= 11 is 8.64. The molecule has 0 bridgehead atoms. The second-order valence-electron chi connectivity index (χ2n) is 5.24. The summed E-state index contributed by atoms with van der Waals surface area (Å²) < 4.78 is 2.17. The second-order valence-corrected chi connectivity index (χ2v) is 7.68. The van der Waals surface area contributed by atoms with Crippen molar-refractivity contribution in [1.29, 1.82) is 0 Å². The van der Waals surface area contributed by atoms with E-state index in [4.69, 9.17) is 12.2 Å². The van der Waals surface area contributed by atoms with Crippen LogP contribution in [0.25, 0.3) is 10.2 Å². The minimum Gasteiger partial charge on any atom is -0.323 e. The van der Waals surface area contributed by atoms with Crippen LogP contribution in [0.3, 0.4) is 0 Å². The molecule has 0 atom stereocenters. The predicted octanol–water partition coefficient (Wildman–Crippen LogP) is 3.42. The minimum atomic E-state index is 0.0425. The summed E-state index contributed by atoms with van der Waals surface area (Å²) in [6.45, 7) is 2.47. The summed E-state index contributed by atoms with van der Waals surface area (Å²) in [6.07, 6.45) is 3.25. The van der Waals surface area contributed by atoms with Crippen molar-refractivity contribution in [3.05, 3.63) is 41.6 Å². The van der Waals surface area contributed by atoms with E-state index in [9.17, 15) is 4.79 Å². The first kappa shape index (κ1) is 13.4. The van der Waals surface area contributed by atoms with E-state index < -0.39 is 0 Å². The Morgan fingerprint density at radius 2 is 2.33 bits per heavy atom. The Morgan fingerprint density at radius 1 is 1.48 bits per heavy atom. The van der Waals surface area contributed by atoms with E-state index in [0.717, 1.165) is 40.1 Å². The van der Waals surface area contributed by atoms with Gasteiger partial charge >= 0.3 is 0 Å². The van der Waals surface area contributed by atoms with E-state index in [0.29, 0.717) is 11.3 Å². The summed E-state index contributed by atoms with van der Waals surface area (Å²) in [4.78, 5) is 23.7. The molecular weight excluding hydrogens is 322 g/mol. The number of hydrogen-bond acceptors (Lipinski definition) is 5. The molecule has 3 aromatic heterocycles. The van der Waals surface area contributed by atoms with Gasteiger partial charge in [-0.1, -0.05) is 0 Å². The van der Waals surface area contributed by atoms with Crippen LogP contribution >= 0.6 is 34.9 Å². The van der Waals surface area contributed by atoms with Gasteiger partial charge in [0, 0.05) is 9.75 Å². The van der Waals surface area contributed by atoms with E-state index in [2.05, 4.69) is 9.97 Å². The van der Waals surface area contributed by atoms with Crippen LogP contribution in [-0.4, -0.2) is 14.5 Å². The number of rotatable bonds is 2. The van der Waals surface area contributed by atoms with E-state index >= 15 is 0 Å². The summed E-state index contributed by atoms with van der Waals surface area (Å²) in [5.41, 5.74) is 4.06. The zero-order valence-electron chi connectivity index (χ0n) is 11.4. The Bertz CT molecular complexity index is 960. The zero-order chi connectivity index (χ0) is 14.6. The SMILES string of the molecule is Cc1ncsc1Cn1c(=S)[nH]c2sc3c(c2c1=O)CCC3. The van der Waals surface area contributed by atoms with Crippen LogP contribution in [0.5, 0.6) is 0 Å². The first-order valence-corrected chi connectivity index (χ1v) is 8.92. The molecule has 0 spiro atoms. The Kier molecular flexibility index (Phi) is 3.09. The number of aryl methyl sites for hydroxylation is 3. The number of aromatic nitrogens is 3. The lowest BCUT2D eigenvalue weighted by Gasteiger charge is -2.06. The van der Waals surface area contributed by atoms with Crippen molar-refractivity contribution in [3.63, 3.8) is 0 Å². The zero-order valence-corrected chi connectivity index (χ0v) is 13.9. The third-order valence-corrected chi connectivity index (χ3v) is 6.44. The van der Waals surface area contributed by atoms with Crippen LogP contribution in [-0.2, 0) is 19.4 Å². The Labute approximate surface area is 134 Å². The van der Waals surface area contributed by atoms with E-state index in [1.54, 1.807) is 27.2 Å². The van der Waals surface area contributed by atoms with Crippen LogP contribution in [0.1, 0.15) is 27.4 Å². The van der Waals surface area contributed by atoms with Gasteiger partial charge in [-0.3, -0.25) is 9.36 Å². The molecule has 3 heterocycles. The molecule has 0 unspecified atom stereocenters. The van der Waals surface area contributed by atoms with Crippen molar-refractivity contribution in [1.82, 2.24) is 14.5 Å². The van der Waals surface area contributed by atoms with Gasteiger partial charge in [-0.2, -0.15) is 0 Å². The molecule has 0 fully saturated rings. The van der Waals surface area contributed by atoms with Gasteiger partial charge in [0.2, 0.25) is 0 Å². The molecule has 1 N–H and O–H groups in total. The fourth-order valence-electron chi connectivity index (χ4n) is 2.88. The van der Waals surface area contributed by atoms with E-state index in [1.807, 2.05) is 12.4 Å². The maximum Gasteiger partial charge on any atom is 0.263 e. The average molecular weight is 335 g/mol. The topological polar surface area (TPSA) is 50.7 Å². The molecule has 4 rings (SSSR count). The Hall–Kier alpha value is -1.31. The number of thiazole rings is 1. The van der Waals surface area contributed by atoms with Crippen molar-refractivity contribution in [3.8, 4) is 0 Å². The average Bonchev–Trinajstić information content (AvgIpc) is 3.10. The molecule has 0 aromatic carbocycles. The molecule has 0 amide bonds. The Morgan fingerprint density at radius 3 is 3.10 bits per heavy atom. The van der Waals surface area contributed by atoms with Gasteiger partial charge < -0.3 is 4.98 Å². The summed E-state index contributed by atoms with van der Waals surface area (Å²) in [6, 6.07) is 0. The molecule has 21 heavy (non-hydrogen) atoms. The van der Waals surface area contributed by atoms with Gasteiger partial charge in [0.15, 0.2) is 4.77 Å². The van der Waals surface area contributed by atoms with Gasteiger partial charge in [-0.25, -0.2) is 4.98 Å². The van der Waals surface area contributed by atoms with Crippen LogP contribution in [0.2, 0.25) is 0 Å². The maximum atomic E-state index is 12.9. The highest BCUT2D eigenvalue weighted by Crippen LogP contribution is 2.34. The third kappa shape index (κ3) is 2.03. The molecule has 4 nitrogen and oxygen atoms in total. The third-order valence-electron chi connectivity index (χ3n) is 3.99. The highest BCUT2D eigenvalue weighted by molar-refractivity contribution is 7.71. The fourth-order valence-corrected chi connectivity index (χ4v) is 5.24. The summed E-state index contributed by atoms with van der Waals surface area (Å²) in [5, 5.41) is 0.850. The number of hydrogen-bond donors (Lipinski definition) is 1. The molecule has 0 saturated carbocycles. The molecule has 0 aliphatic heterocycles. The molecule has 0 radical (unpaired) electrons. The Balaban J connectivity index is 1.95. The monoisotopic (exact) mass is 335 g/mol. The van der Waals surface area contributed by atoms with Gasteiger partial charge in [0.25, 0.3) is 5.56 Å². The highest BCUT2D eigenvalue weighted by Gasteiger charge is 2.21. The number of H-pyrrole nitrogens is 1. The first-order valence-electron chi connectivity index (χ1n) is 6.81.